The first-order valence-corrected chi connectivity index (χ1v) is 20.1. The molecule has 12 rings (SSSR count). The van der Waals surface area contributed by atoms with Gasteiger partial charge >= 0.3 is 0 Å². The second-order valence-electron chi connectivity index (χ2n) is 16.0. The zero-order chi connectivity index (χ0) is 39.2. The van der Waals surface area contributed by atoms with Gasteiger partial charge in [-0.2, -0.15) is 0 Å². The summed E-state index contributed by atoms with van der Waals surface area (Å²) in [5, 5.41) is 4.40. The zero-order valence-electron chi connectivity index (χ0n) is 32.5. The molecule has 0 spiro atoms. The summed E-state index contributed by atoms with van der Waals surface area (Å²) in [4.78, 5) is 15.8. The Morgan fingerprint density at radius 2 is 1.05 bits per heavy atom. The Morgan fingerprint density at radius 3 is 1.90 bits per heavy atom. The number of furan rings is 1. The van der Waals surface area contributed by atoms with Gasteiger partial charge in [0.15, 0.2) is 23.1 Å². The number of para-hydroxylation sites is 3. The normalized spacial score (nSPS) is 13.1. The first kappa shape index (κ1) is 33.5. The molecule has 11 aromatic rings. The minimum Gasteiger partial charge on any atom is -0.454 e. The van der Waals surface area contributed by atoms with Gasteiger partial charge < -0.3 is 8.98 Å². The Bertz CT molecular complexity index is 3470. The maximum Gasteiger partial charge on any atom is 0.166 e. The molecule has 278 valence electrons. The Balaban J connectivity index is 1.10. The highest BCUT2D eigenvalue weighted by Crippen LogP contribution is 2.49. The molecule has 59 heavy (non-hydrogen) atoms. The molecule has 0 unspecified atom stereocenters. The second kappa shape index (κ2) is 12.7. The van der Waals surface area contributed by atoms with Gasteiger partial charge in [-0.1, -0.05) is 159 Å². The number of benzene rings is 8. The summed E-state index contributed by atoms with van der Waals surface area (Å²) in [6, 6.07) is 64.1. The van der Waals surface area contributed by atoms with Crippen LogP contribution in [0, 0.1) is 0 Å². The highest BCUT2D eigenvalue weighted by atomic mass is 16.3. The summed E-state index contributed by atoms with van der Waals surface area (Å²) in [5.74, 6) is 1.87. The van der Waals surface area contributed by atoms with E-state index in [1.54, 1.807) is 0 Å². The van der Waals surface area contributed by atoms with Gasteiger partial charge in [0.05, 0.1) is 16.7 Å². The largest absolute Gasteiger partial charge is 0.454 e. The van der Waals surface area contributed by atoms with Crippen LogP contribution in [-0.2, 0) is 5.41 Å². The van der Waals surface area contributed by atoms with Crippen LogP contribution in [0.2, 0.25) is 0 Å². The highest BCUT2D eigenvalue weighted by molar-refractivity contribution is 6.15. The van der Waals surface area contributed by atoms with Crippen LogP contribution in [0.3, 0.4) is 0 Å². The molecule has 0 saturated carbocycles. The summed E-state index contributed by atoms with van der Waals surface area (Å²) >= 11 is 0. The molecular weight excluding hydrogens is 721 g/mol. The fraction of sp³-hybridized carbons (Fsp3) is 0.0556. The van der Waals surface area contributed by atoms with Gasteiger partial charge in [0.25, 0.3) is 0 Å². The van der Waals surface area contributed by atoms with Crippen molar-refractivity contribution in [3.8, 4) is 62.1 Å². The van der Waals surface area contributed by atoms with Crippen LogP contribution in [0.1, 0.15) is 25.0 Å². The summed E-state index contributed by atoms with van der Waals surface area (Å²) in [5.41, 5.74) is 14.8. The molecule has 1 aliphatic rings. The number of fused-ring (bicyclic) bond motifs is 9. The first-order chi connectivity index (χ1) is 29.0. The average Bonchev–Trinajstić information content (AvgIpc) is 3.92. The van der Waals surface area contributed by atoms with E-state index in [0.29, 0.717) is 17.5 Å². The van der Waals surface area contributed by atoms with Crippen LogP contribution < -0.4 is 0 Å². The molecule has 5 heteroatoms. The number of nitrogens with zero attached hydrogens (tertiary/aromatic N) is 4. The molecule has 3 aromatic heterocycles. The lowest BCUT2D eigenvalue weighted by molar-refractivity contribution is 0.660. The van der Waals surface area contributed by atoms with Gasteiger partial charge in [-0.15, -0.1) is 0 Å². The van der Waals surface area contributed by atoms with Crippen molar-refractivity contribution in [2.24, 2.45) is 0 Å². The van der Waals surface area contributed by atoms with E-state index in [9.17, 15) is 0 Å². The van der Waals surface area contributed by atoms with E-state index in [2.05, 4.69) is 182 Å². The van der Waals surface area contributed by atoms with Gasteiger partial charge in [0.1, 0.15) is 5.58 Å². The lowest BCUT2D eigenvalue weighted by Gasteiger charge is -2.21. The Hall–Kier alpha value is -7.63. The lowest BCUT2D eigenvalue weighted by Crippen LogP contribution is -2.15. The van der Waals surface area contributed by atoms with E-state index in [-0.39, 0.29) is 5.41 Å². The minimum atomic E-state index is -0.159. The van der Waals surface area contributed by atoms with Gasteiger partial charge in [0.2, 0.25) is 0 Å². The maximum absolute atomic E-state index is 6.81. The zero-order valence-corrected chi connectivity index (χ0v) is 32.5. The fourth-order valence-electron chi connectivity index (χ4n) is 9.40. The van der Waals surface area contributed by atoms with Crippen molar-refractivity contribution in [1.82, 2.24) is 19.5 Å². The van der Waals surface area contributed by atoms with Gasteiger partial charge in [-0.3, -0.25) is 0 Å². The number of rotatable bonds is 5. The Morgan fingerprint density at radius 1 is 0.424 bits per heavy atom. The van der Waals surface area contributed by atoms with E-state index in [0.717, 1.165) is 71.7 Å². The number of hydrogen-bond donors (Lipinski definition) is 0. The topological polar surface area (TPSA) is 56.7 Å². The smallest absolute Gasteiger partial charge is 0.166 e. The SMILES string of the molecule is CC1(C)c2ccccc2-c2ccc(-c3nc(-c4ccccc4)nc(-c4cccc5c6ccccc6n(-c6cccc7c6oc6ccc(-c8ccccc8)cc67)c45)n3)cc21. The molecule has 8 aromatic carbocycles. The van der Waals surface area contributed by atoms with Crippen molar-refractivity contribution in [1.29, 1.82) is 0 Å². The summed E-state index contributed by atoms with van der Waals surface area (Å²) in [6.07, 6.45) is 0. The van der Waals surface area contributed by atoms with Crippen molar-refractivity contribution in [3.05, 3.63) is 193 Å². The van der Waals surface area contributed by atoms with Gasteiger partial charge in [0, 0.05) is 43.7 Å². The van der Waals surface area contributed by atoms with Crippen molar-refractivity contribution < 1.29 is 4.42 Å². The van der Waals surface area contributed by atoms with E-state index in [1.807, 2.05) is 18.2 Å². The summed E-state index contributed by atoms with van der Waals surface area (Å²) in [7, 11) is 0. The van der Waals surface area contributed by atoms with E-state index in [1.165, 1.54) is 27.8 Å². The highest BCUT2D eigenvalue weighted by Gasteiger charge is 2.35. The molecule has 0 radical (unpaired) electrons. The van der Waals surface area contributed by atoms with Crippen LogP contribution in [0.25, 0.3) is 106 Å². The van der Waals surface area contributed by atoms with E-state index in [4.69, 9.17) is 19.4 Å². The number of hydrogen-bond acceptors (Lipinski definition) is 4. The van der Waals surface area contributed by atoms with Crippen LogP contribution in [0.15, 0.2) is 186 Å². The van der Waals surface area contributed by atoms with Crippen LogP contribution in [0.5, 0.6) is 0 Å². The first-order valence-electron chi connectivity index (χ1n) is 20.1. The third-order valence-electron chi connectivity index (χ3n) is 12.3. The molecular formula is C54H36N4O. The minimum absolute atomic E-state index is 0.159. The third-order valence-corrected chi connectivity index (χ3v) is 12.3. The molecule has 0 aliphatic heterocycles. The summed E-state index contributed by atoms with van der Waals surface area (Å²) < 4.78 is 9.15. The summed E-state index contributed by atoms with van der Waals surface area (Å²) in [6.45, 7) is 4.61. The molecule has 0 bridgehead atoms. The monoisotopic (exact) mass is 756 g/mol. The van der Waals surface area contributed by atoms with Crippen molar-refractivity contribution >= 4 is 43.7 Å². The molecule has 0 fully saturated rings. The Kier molecular flexibility index (Phi) is 7.20. The van der Waals surface area contributed by atoms with E-state index < -0.39 is 0 Å². The average molecular weight is 757 g/mol. The predicted molar refractivity (Wildman–Crippen MR) is 241 cm³/mol. The third kappa shape index (κ3) is 5.08. The molecule has 0 amide bonds. The van der Waals surface area contributed by atoms with E-state index >= 15 is 0 Å². The number of aromatic nitrogens is 4. The maximum atomic E-state index is 6.81. The standard InChI is InChI=1S/C54H36N4O/c1-54(2)44-24-11-9-19-37(44)38-29-27-36(32-45(38)54)52-55-51(34-17-7-4-8-18-34)56-53(57-52)42-23-13-21-40-39-20-10-12-25-46(39)58(49(40)42)47-26-14-22-41-43-31-35(33-15-5-3-6-16-33)28-30-48(43)59-50(41)47/h3-32H,1-2H3. The molecule has 0 atom stereocenters. The lowest BCUT2D eigenvalue weighted by atomic mass is 9.82. The second-order valence-corrected chi connectivity index (χ2v) is 16.0. The van der Waals surface area contributed by atoms with Crippen LogP contribution in [0.4, 0.5) is 0 Å². The fourth-order valence-corrected chi connectivity index (χ4v) is 9.40. The van der Waals surface area contributed by atoms with Crippen molar-refractivity contribution in [2.45, 2.75) is 19.3 Å². The molecule has 5 nitrogen and oxygen atoms in total. The molecule has 1 aliphatic carbocycles. The molecule has 0 N–H and O–H groups in total. The molecule has 0 saturated heterocycles. The molecule has 3 heterocycles. The van der Waals surface area contributed by atoms with Gasteiger partial charge in [-0.25, -0.2) is 15.0 Å². The van der Waals surface area contributed by atoms with Crippen molar-refractivity contribution in [3.63, 3.8) is 0 Å². The van der Waals surface area contributed by atoms with Crippen LogP contribution >= 0.6 is 0 Å². The van der Waals surface area contributed by atoms with Crippen molar-refractivity contribution in [2.75, 3.05) is 0 Å². The van der Waals surface area contributed by atoms with Crippen LogP contribution in [-0.4, -0.2) is 19.5 Å². The Labute approximate surface area is 340 Å². The van der Waals surface area contributed by atoms with Gasteiger partial charge in [-0.05, 0) is 69.8 Å². The predicted octanol–water partition coefficient (Wildman–Crippen LogP) is 13.8. The quantitative estimate of drug-likeness (QED) is 0.175.